The van der Waals surface area contributed by atoms with Crippen molar-refractivity contribution in [3.63, 3.8) is 0 Å². The Morgan fingerprint density at radius 2 is 1.82 bits per heavy atom. The first kappa shape index (κ1) is 22.3. The number of nitrogens with zero attached hydrogens (tertiary/aromatic N) is 2. The maximum absolute atomic E-state index is 13.7. The summed E-state index contributed by atoms with van der Waals surface area (Å²) in [6, 6.07) is 13.3. The first-order chi connectivity index (χ1) is 15.9. The van der Waals surface area contributed by atoms with Gasteiger partial charge in [0.25, 0.3) is 17.6 Å². The molecule has 2 heterocycles. The number of rotatable bonds is 7. The summed E-state index contributed by atoms with van der Waals surface area (Å²) in [4.78, 5) is 42.7. The van der Waals surface area contributed by atoms with Gasteiger partial charge in [-0.25, -0.2) is 0 Å². The summed E-state index contributed by atoms with van der Waals surface area (Å²) in [7, 11) is 3.05. The first-order valence-electron chi connectivity index (χ1n) is 10.4. The van der Waals surface area contributed by atoms with E-state index in [9.17, 15) is 19.5 Å². The average molecular weight is 448 g/mol. The van der Waals surface area contributed by atoms with E-state index >= 15 is 0 Å². The molecule has 2 aliphatic rings. The number of aliphatic hydroxyl groups excluding tert-OH is 1. The standard InChI is InChI=1S/C25H24N2O6/c1-4-14-33-17-11-9-16(10-12-17)21(28)20-22(29)23(30)27(13-15-32-3)25(20)18-7-5-6-8-19(18)26(2)24(25)31/h4-12,28H,1,13-15H2,2-3H3/t25-/m1/s1. The molecule has 0 radical (unpaired) electrons. The van der Waals surface area contributed by atoms with Gasteiger partial charge in [0.2, 0.25) is 0 Å². The molecule has 1 fully saturated rings. The number of methoxy groups -OCH3 is 1. The highest BCUT2D eigenvalue weighted by molar-refractivity contribution is 6.50. The van der Waals surface area contributed by atoms with Crippen LogP contribution in [-0.4, -0.2) is 61.5 Å². The van der Waals surface area contributed by atoms with E-state index in [1.165, 1.54) is 16.9 Å². The summed E-state index contributed by atoms with van der Waals surface area (Å²) < 4.78 is 10.6. The fraction of sp³-hybridized carbons (Fsp3) is 0.240. The van der Waals surface area contributed by atoms with Gasteiger partial charge in [-0.05, 0) is 30.3 Å². The highest BCUT2D eigenvalue weighted by atomic mass is 16.5. The van der Waals surface area contributed by atoms with Crippen LogP contribution in [0.4, 0.5) is 5.69 Å². The molecule has 1 N–H and O–H groups in total. The minimum Gasteiger partial charge on any atom is -0.507 e. The number of anilines is 1. The number of amides is 2. The van der Waals surface area contributed by atoms with Crippen LogP contribution in [0.1, 0.15) is 11.1 Å². The third-order valence-corrected chi connectivity index (χ3v) is 5.95. The normalized spacial score (nSPS) is 21.1. The van der Waals surface area contributed by atoms with E-state index in [4.69, 9.17) is 9.47 Å². The van der Waals surface area contributed by atoms with Crippen molar-refractivity contribution in [1.29, 1.82) is 0 Å². The van der Waals surface area contributed by atoms with E-state index in [1.807, 2.05) is 0 Å². The summed E-state index contributed by atoms with van der Waals surface area (Å²) in [5, 5.41) is 11.3. The van der Waals surface area contributed by atoms with Gasteiger partial charge in [0, 0.05) is 37.5 Å². The van der Waals surface area contributed by atoms with Crippen LogP contribution in [0, 0.1) is 0 Å². The Kier molecular flexibility index (Phi) is 5.78. The second-order valence-corrected chi connectivity index (χ2v) is 7.72. The second kappa shape index (κ2) is 8.55. The van der Waals surface area contributed by atoms with E-state index in [2.05, 4.69) is 6.58 Å². The monoisotopic (exact) mass is 448 g/mol. The van der Waals surface area contributed by atoms with Gasteiger partial charge in [-0.2, -0.15) is 0 Å². The number of carbonyl (C=O) groups excluding carboxylic acids is 3. The lowest BCUT2D eigenvalue weighted by Crippen LogP contribution is -2.52. The van der Waals surface area contributed by atoms with Gasteiger partial charge in [-0.15, -0.1) is 0 Å². The molecule has 8 heteroatoms. The van der Waals surface area contributed by atoms with Crippen molar-refractivity contribution >= 4 is 29.0 Å². The molecule has 2 aromatic carbocycles. The van der Waals surface area contributed by atoms with Crippen LogP contribution in [0.3, 0.4) is 0 Å². The summed E-state index contributed by atoms with van der Waals surface area (Å²) in [5.74, 6) is -2.16. The van der Waals surface area contributed by atoms with Crippen LogP contribution in [-0.2, 0) is 24.7 Å². The van der Waals surface area contributed by atoms with Crippen molar-refractivity contribution in [3.05, 3.63) is 77.9 Å². The van der Waals surface area contributed by atoms with E-state index < -0.39 is 28.9 Å². The molecule has 170 valence electrons. The molecular formula is C25H24N2O6. The Morgan fingerprint density at radius 1 is 1.12 bits per heavy atom. The molecule has 0 saturated carbocycles. The number of likely N-dealkylation sites (N-methyl/N-ethyl adjacent to an activating group) is 1. The Morgan fingerprint density at radius 3 is 2.48 bits per heavy atom. The Hall–Kier alpha value is -3.91. The van der Waals surface area contributed by atoms with E-state index in [-0.39, 0.29) is 24.3 Å². The van der Waals surface area contributed by atoms with Crippen molar-refractivity contribution in [2.24, 2.45) is 0 Å². The van der Waals surface area contributed by atoms with Gasteiger partial charge >= 0.3 is 0 Å². The molecule has 8 nitrogen and oxygen atoms in total. The molecular weight excluding hydrogens is 424 g/mol. The van der Waals surface area contributed by atoms with E-state index in [0.717, 1.165) is 0 Å². The highest BCUT2D eigenvalue weighted by Crippen LogP contribution is 2.53. The summed E-state index contributed by atoms with van der Waals surface area (Å²) in [5.41, 5.74) is -0.735. The molecule has 2 aromatic rings. The van der Waals surface area contributed by atoms with Crippen LogP contribution < -0.4 is 9.64 Å². The van der Waals surface area contributed by atoms with Crippen LogP contribution in [0.5, 0.6) is 5.75 Å². The predicted octanol–water partition coefficient (Wildman–Crippen LogP) is 2.45. The molecule has 33 heavy (non-hydrogen) atoms. The van der Waals surface area contributed by atoms with Gasteiger partial charge in [0.05, 0.1) is 12.2 Å². The molecule has 1 atom stereocenters. The fourth-order valence-corrected chi connectivity index (χ4v) is 4.46. The molecule has 2 aliphatic heterocycles. The molecule has 4 rings (SSSR count). The topological polar surface area (TPSA) is 96.4 Å². The molecule has 0 aliphatic carbocycles. The van der Waals surface area contributed by atoms with Crippen LogP contribution in [0.15, 0.2) is 66.8 Å². The van der Waals surface area contributed by atoms with Crippen LogP contribution in [0.25, 0.3) is 5.76 Å². The third-order valence-electron chi connectivity index (χ3n) is 5.95. The van der Waals surface area contributed by atoms with Crippen LogP contribution in [0.2, 0.25) is 0 Å². The smallest absolute Gasteiger partial charge is 0.296 e. The highest BCUT2D eigenvalue weighted by Gasteiger charge is 2.66. The number of carbonyl (C=O) groups is 3. The summed E-state index contributed by atoms with van der Waals surface area (Å²) >= 11 is 0. The van der Waals surface area contributed by atoms with Gasteiger partial charge < -0.3 is 24.4 Å². The lowest BCUT2D eigenvalue weighted by Gasteiger charge is -2.34. The number of benzene rings is 2. The average Bonchev–Trinajstić information content (AvgIpc) is 3.19. The lowest BCUT2D eigenvalue weighted by atomic mass is 9.82. The minimum atomic E-state index is -1.78. The number of hydrogen-bond acceptors (Lipinski definition) is 6. The maximum atomic E-state index is 13.7. The molecule has 2 amide bonds. The summed E-state index contributed by atoms with van der Waals surface area (Å²) in [6.07, 6.45) is 1.61. The zero-order valence-corrected chi connectivity index (χ0v) is 18.4. The Labute approximate surface area is 191 Å². The van der Waals surface area contributed by atoms with Crippen molar-refractivity contribution < 1.29 is 29.0 Å². The molecule has 1 spiro atoms. The largest absolute Gasteiger partial charge is 0.507 e. The number of Topliss-reactive ketones (excluding diaryl/α,β-unsaturated/α-hetero) is 1. The lowest BCUT2D eigenvalue weighted by molar-refractivity contribution is -0.144. The zero-order chi connectivity index (χ0) is 23.8. The second-order valence-electron chi connectivity index (χ2n) is 7.72. The third kappa shape index (κ3) is 3.22. The number of ketones is 1. The van der Waals surface area contributed by atoms with Crippen molar-refractivity contribution in [2.45, 2.75) is 5.54 Å². The van der Waals surface area contributed by atoms with Gasteiger partial charge in [-0.3, -0.25) is 14.4 Å². The fourth-order valence-electron chi connectivity index (χ4n) is 4.46. The SMILES string of the molecule is C=CCOc1ccc(C(O)=C2C(=O)C(=O)N(CCOC)[C@@]23C(=O)N(C)c2ccccc23)cc1. The first-order valence-corrected chi connectivity index (χ1v) is 10.4. The van der Waals surface area contributed by atoms with Crippen molar-refractivity contribution in [1.82, 2.24) is 4.90 Å². The number of hydrogen-bond donors (Lipinski definition) is 1. The predicted molar refractivity (Wildman–Crippen MR) is 122 cm³/mol. The molecule has 0 aromatic heterocycles. The zero-order valence-electron chi connectivity index (χ0n) is 18.4. The minimum absolute atomic E-state index is 0.0000979. The quantitative estimate of drug-likeness (QED) is 0.303. The Bertz CT molecular complexity index is 1170. The number of para-hydroxylation sites is 1. The number of fused-ring (bicyclic) bond motifs is 2. The molecule has 0 unspecified atom stereocenters. The molecule has 0 bridgehead atoms. The molecule has 1 saturated heterocycles. The van der Waals surface area contributed by atoms with E-state index in [1.54, 1.807) is 61.7 Å². The Balaban J connectivity index is 1.94. The maximum Gasteiger partial charge on any atom is 0.296 e. The number of likely N-dealkylation sites (tertiary alicyclic amines) is 1. The number of aliphatic hydroxyl groups is 1. The van der Waals surface area contributed by atoms with Gasteiger partial charge in [0.1, 0.15) is 18.1 Å². The van der Waals surface area contributed by atoms with Gasteiger partial charge in [-0.1, -0.05) is 30.9 Å². The van der Waals surface area contributed by atoms with Crippen molar-refractivity contribution in [3.8, 4) is 5.75 Å². The van der Waals surface area contributed by atoms with Crippen LogP contribution >= 0.6 is 0 Å². The van der Waals surface area contributed by atoms with Crippen molar-refractivity contribution in [2.75, 3.05) is 38.8 Å². The summed E-state index contributed by atoms with van der Waals surface area (Å²) in [6.45, 7) is 4.03. The van der Waals surface area contributed by atoms with E-state index in [0.29, 0.717) is 23.6 Å². The van der Waals surface area contributed by atoms with Gasteiger partial charge in [0.15, 0.2) is 5.54 Å². The number of ether oxygens (including phenoxy) is 2.